The third kappa shape index (κ3) is 3.06. The zero-order chi connectivity index (χ0) is 12.4. The van der Waals surface area contributed by atoms with E-state index in [1.165, 1.54) is 6.42 Å². The number of nitrogens with one attached hydrogen (secondary N) is 1. The molecular weight excluding hydrogens is 266 g/mol. The van der Waals surface area contributed by atoms with E-state index in [1.807, 2.05) is 4.90 Å². The maximum Gasteiger partial charge on any atom is 0.224 e. The van der Waals surface area contributed by atoms with Gasteiger partial charge in [-0.15, -0.1) is 17.5 Å². The molecule has 19 heavy (non-hydrogen) atoms. The molecule has 7 heteroatoms. The van der Waals surface area contributed by atoms with Crippen LogP contribution in [0.3, 0.4) is 0 Å². The van der Waals surface area contributed by atoms with Gasteiger partial charge in [0.1, 0.15) is 0 Å². The predicted molar refractivity (Wildman–Crippen MR) is 73.0 cm³/mol. The molecule has 0 bridgehead atoms. The van der Waals surface area contributed by atoms with Gasteiger partial charge >= 0.3 is 0 Å². The van der Waals surface area contributed by atoms with Crippen LogP contribution in [0.25, 0.3) is 0 Å². The van der Waals surface area contributed by atoms with Crippen LogP contribution >= 0.6 is 12.4 Å². The summed E-state index contributed by atoms with van der Waals surface area (Å²) in [5.74, 6) is 0.245. The Balaban J connectivity index is 0.00000133. The number of likely N-dealkylation sites (tertiary alicyclic amines) is 1. The molecule has 1 unspecified atom stereocenters. The summed E-state index contributed by atoms with van der Waals surface area (Å²) >= 11 is 0. The van der Waals surface area contributed by atoms with Gasteiger partial charge in [0.15, 0.2) is 0 Å². The smallest absolute Gasteiger partial charge is 0.224 e. The molecular formula is C12H20ClN5O. The minimum Gasteiger partial charge on any atom is -0.342 e. The molecule has 1 atom stereocenters. The average Bonchev–Trinajstić information content (AvgIpc) is 3.10. The zero-order valence-corrected chi connectivity index (χ0v) is 11.7. The van der Waals surface area contributed by atoms with E-state index in [-0.39, 0.29) is 18.3 Å². The molecule has 1 N–H and O–H groups in total. The maximum atomic E-state index is 12.1. The van der Waals surface area contributed by atoms with Gasteiger partial charge in [0.25, 0.3) is 0 Å². The van der Waals surface area contributed by atoms with Crippen LogP contribution < -0.4 is 5.32 Å². The van der Waals surface area contributed by atoms with Crippen LogP contribution in [0.15, 0.2) is 12.4 Å². The van der Waals surface area contributed by atoms with E-state index in [0.717, 1.165) is 32.6 Å². The van der Waals surface area contributed by atoms with E-state index in [1.54, 1.807) is 17.1 Å². The molecule has 1 amide bonds. The predicted octanol–water partition coefficient (Wildman–Crippen LogP) is 0.302. The van der Waals surface area contributed by atoms with Crippen molar-refractivity contribution in [3.8, 4) is 0 Å². The van der Waals surface area contributed by atoms with Crippen LogP contribution in [0.4, 0.5) is 0 Å². The van der Waals surface area contributed by atoms with E-state index in [2.05, 4.69) is 15.6 Å². The highest BCUT2D eigenvalue weighted by atomic mass is 35.5. The summed E-state index contributed by atoms with van der Waals surface area (Å²) in [6, 6.07) is 0. The molecule has 2 fully saturated rings. The number of hydrogen-bond donors (Lipinski definition) is 1. The van der Waals surface area contributed by atoms with Crippen LogP contribution in [-0.2, 0) is 11.3 Å². The van der Waals surface area contributed by atoms with Crippen molar-refractivity contribution in [3.05, 3.63) is 12.4 Å². The fourth-order valence-electron chi connectivity index (χ4n) is 3.01. The fourth-order valence-corrected chi connectivity index (χ4v) is 3.01. The highest BCUT2D eigenvalue weighted by molar-refractivity contribution is 5.85. The molecule has 6 nitrogen and oxygen atoms in total. The lowest BCUT2D eigenvalue weighted by atomic mass is 9.87. The second-order valence-corrected chi connectivity index (χ2v) is 5.41. The minimum absolute atomic E-state index is 0. The number of halogens is 1. The van der Waals surface area contributed by atoms with Crippen LogP contribution in [-0.4, -0.2) is 52.0 Å². The second kappa shape index (κ2) is 5.88. The Morgan fingerprint density at radius 3 is 3.00 bits per heavy atom. The first kappa shape index (κ1) is 14.3. The van der Waals surface area contributed by atoms with Crippen molar-refractivity contribution in [1.29, 1.82) is 0 Å². The first-order chi connectivity index (χ1) is 8.77. The molecule has 3 heterocycles. The monoisotopic (exact) mass is 285 g/mol. The summed E-state index contributed by atoms with van der Waals surface area (Å²) in [4.78, 5) is 14.1. The van der Waals surface area contributed by atoms with Crippen molar-refractivity contribution < 1.29 is 4.79 Å². The summed E-state index contributed by atoms with van der Waals surface area (Å²) in [5, 5.41) is 11.0. The van der Waals surface area contributed by atoms with Gasteiger partial charge in [0.2, 0.25) is 5.91 Å². The van der Waals surface area contributed by atoms with Crippen LogP contribution in [0.2, 0.25) is 0 Å². The Morgan fingerprint density at radius 1 is 1.42 bits per heavy atom. The topological polar surface area (TPSA) is 63.1 Å². The SMILES string of the molecule is Cl.O=C(CCn1ccnn1)N1CCC2(CCNC2)C1. The average molecular weight is 286 g/mol. The van der Waals surface area contributed by atoms with Crippen LogP contribution in [0, 0.1) is 5.41 Å². The Labute approximate surface area is 118 Å². The van der Waals surface area contributed by atoms with E-state index < -0.39 is 0 Å². The van der Waals surface area contributed by atoms with Gasteiger partial charge in [0, 0.05) is 37.7 Å². The number of carbonyl (C=O) groups is 1. The van der Waals surface area contributed by atoms with Crippen LogP contribution in [0.5, 0.6) is 0 Å². The largest absolute Gasteiger partial charge is 0.342 e. The summed E-state index contributed by atoms with van der Waals surface area (Å²) in [5.41, 5.74) is 0.364. The quantitative estimate of drug-likeness (QED) is 0.868. The van der Waals surface area contributed by atoms with Gasteiger partial charge in [0.05, 0.1) is 12.7 Å². The number of aryl methyl sites for hydroxylation is 1. The van der Waals surface area contributed by atoms with Crippen molar-refractivity contribution in [3.63, 3.8) is 0 Å². The normalized spacial score (nSPS) is 25.8. The minimum atomic E-state index is 0. The van der Waals surface area contributed by atoms with Crippen LogP contribution in [0.1, 0.15) is 19.3 Å². The number of amides is 1. The zero-order valence-electron chi connectivity index (χ0n) is 10.9. The lowest BCUT2D eigenvalue weighted by molar-refractivity contribution is -0.130. The standard InChI is InChI=1S/C12H19N5O.ClH/c18-11(1-6-17-8-5-14-15-17)16-7-3-12(10-16)2-4-13-9-12;/h5,8,13H,1-4,6-7,9-10H2;1H. The summed E-state index contributed by atoms with van der Waals surface area (Å²) < 4.78 is 1.71. The Bertz CT molecular complexity index is 416. The first-order valence-corrected chi connectivity index (χ1v) is 6.60. The number of nitrogens with zero attached hydrogens (tertiary/aromatic N) is 4. The summed E-state index contributed by atoms with van der Waals surface area (Å²) in [6.07, 6.45) is 6.31. The molecule has 0 aromatic carbocycles. The molecule has 0 saturated carbocycles. The van der Waals surface area contributed by atoms with Gasteiger partial charge in [-0.3, -0.25) is 9.48 Å². The molecule has 1 aromatic heterocycles. The van der Waals surface area contributed by atoms with E-state index in [4.69, 9.17) is 0 Å². The van der Waals surface area contributed by atoms with Crippen molar-refractivity contribution in [2.45, 2.75) is 25.8 Å². The van der Waals surface area contributed by atoms with Crippen molar-refractivity contribution >= 4 is 18.3 Å². The van der Waals surface area contributed by atoms with Gasteiger partial charge in [-0.25, -0.2) is 0 Å². The highest BCUT2D eigenvalue weighted by Crippen LogP contribution is 2.36. The lowest BCUT2D eigenvalue weighted by Gasteiger charge is -2.22. The number of aromatic nitrogens is 3. The number of hydrogen-bond acceptors (Lipinski definition) is 4. The van der Waals surface area contributed by atoms with E-state index in [9.17, 15) is 4.79 Å². The van der Waals surface area contributed by atoms with Crippen molar-refractivity contribution in [2.24, 2.45) is 5.41 Å². The van der Waals surface area contributed by atoms with Gasteiger partial charge < -0.3 is 10.2 Å². The second-order valence-electron chi connectivity index (χ2n) is 5.41. The molecule has 1 spiro atoms. The Kier molecular flexibility index (Phi) is 4.42. The molecule has 0 radical (unpaired) electrons. The maximum absolute atomic E-state index is 12.1. The first-order valence-electron chi connectivity index (χ1n) is 6.60. The third-order valence-electron chi connectivity index (χ3n) is 4.15. The molecule has 2 aliphatic heterocycles. The Morgan fingerprint density at radius 2 is 2.32 bits per heavy atom. The van der Waals surface area contributed by atoms with E-state index >= 15 is 0 Å². The van der Waals surface area contributed by atoms with Gasteiger partial charge in [-0.2, -0.15) is 0 Å². The molecule has 3 rings (SSSR count). The summed E-state index contributed by atoms with van der Waals surface area (Å²) in [7, 11) is 0. The molecule has 0 aliphatic carbocycles. The number of carbonyl (C=O) groups excluding carboxylic acids is 1. The molecule has 1 aromatic rings. The number of rotatable bonds is 3. The fraction of sp³-hybridized carbons (Fsp3) is 0.750. The highest BCUT2D eigenvalue weighted by Gasteiger charge is 2.41. The van der Waals surface area contributed by atoms with Crippen molar-refractivity contribution in [2.75, 3.05) is 26.2 Å². The molecule has 106 valence electrons. The lowest BCUT2D eigenvalue weighted by Crippen LogP contribution is -2.33. The summed E-state index contributed by atoms with van der Waals surface area (Å²) in [6.45, 7) is 4.63. The van der Waals surface area contributed by atoms with Crippen molar-refractivity contribution in [1.82, 2.24) is 25.2 Å². The third-order valence-corrected chi connectivity index (χ3v) is 4.15. The van der Waals surface area contributed by atoms with Gasteiger partial charge in [-0.05, 0) is 19.4 Å². The molecule has 2 aliphatic rings. The van der Waals surface area contributed by atoms with E-state index in [0.29, 0.717) is 18.4 Å². The molecule has 2 saturated heterocycles. The Hall–Kier alpha value is -1.14. The van der Waals surface area contributed by atoms with Gasteiger partial charge in [-0.1, -0.05) is 5.21 Å².